The van der Waals surface area contributed by atoms with Crippen LogP contribution >= 0.6 is 23.2 Å². The third-order valence-corrected chi connectivity index (χ3v) is 3.76. The molecule has 0 atom stereocenters. The molecule has 0 radical (unpaired) electrons. The topological polar surface area (TPSA) is 89.0 Å². The first kappa shape index (κ1) is 15.7. The highest BCUT2D eigenvalue weighted by Crippen LogP contribution is 2.18. The molecule has 1 heterocycles. The number of anilines is 1. The zero-order valence-corrected chi connectivity index (χ0v) is 13.0. The van der Waals surface area contributed by atoms with Gasteiger partial charge in [0.1, 0.15) is 0 Å². The lowest BCUT2D eigenvalue weighted by atomic mass is 10.3. The largest absolute Gasteiger partial charge is 0.321 e. The maximum atomic E-state index is 12.1. The van der Waals surface area contributed by atoms with E-state index in [1.807, 2.05) is 0 Å². The molecule has 1 N–H and O–H groups in total. The molecule has 110 valence electrons. The van der Waals surface area contributed by atoms with Gasteiger partial charge in [-0.15, -0.1) is 0 Å². The maximum absolute atomic E-state index is 12.1. The van der Waals surface area contributed by atoms with Crippen molar-refractivity contribution in [1.82, 2.24) is 9.97 Å². The van der Waals surface area contributed by atoms with Crippen LogP contribution < -0.4 is 5.32 Å². The predicted octanol–water partition coefficient (Wildman–Crippen LogP) is 2.44. The first-order valence-corrected chi connectivity index (χ1v) is 8.21. The molecule has 1 aromatic carbocycles. The van der Waals surface area contributed by atoms with Gasteiger partial charge in [0.25, 0.3) is 5.91 Å². The van der Waals surface area contributed by atoms with E-state index in [1.54, 1.807) is 24.3 Å². The molecule has 2 aromatic rings. The minimum absolute atomic E-state index is 0.0473. The average Bonchev–Trinajstić information content (AvgIpc) is 2.40. The number of benzene rings is 1. The van der Waals surface area contributed by atoms with Crippen LogP contribution in [0.4, 0.5) is 5.69 Å². The molecular weight excluding hydrogens is 337 g/mol. The number of nitrogens with one attached hydrogen (secondary N) is 1. The summed E-state index contributed by atoms with van der Waals surface area (Å²) in [6.07, 6.45) is 2.01. The maximum Gasteiger partial charge on any atom is 0.275 e. The number of hydrogen-bond donors (Lipinski definition) is 1. The molecule has 0 aliphatic carbocycles. The zero-order chi connectivity index (χ0) is 15.6. The number of nitrogens with zero attached hydrogens (tertiary/aromatic N) is 2. The molecule has 1 amide bonds. The minimum Gasteiger partial charge on any atom is -0.321 e. The van der Waals surface area contributed by atoms with Crippen LogP contribution in [0.15, 0.2) is 35.6 Å². The summed E-state index contributed by atoms with van der Waals surface area (Å²) in [4.78, 5) is 19.4. The first-order chi connectivity index (χ1) is 9.77. The summed E-state index contributed by atoms with van der Waals surface area (Å²) in [5, 5.41) is 2.55. The average molecular weight is 346 g/mol. The minimum atomic E-state index is -3.63. The Morgan fingerprint density at radius 3 is 2.38 bits per heavy atom. The van der Waals surface area contributed by atoms with Crippen LogP contribution in [0.5, 0.6) is 0 Å². The summed E-state index contributed by atoms with van der Waals surface area (Å²) < 4.78 is 22.8. The van der Waals surface area contributed by atoms with Gasteiger partial charge in [0, 0.05) is 17.0 Å². The van der Waals surface area contributed by atoms with Crippen molar-refractivity contribution in [3.8, 4) is 0 Å². The molecule has 0 fully saturated rings. The van der Waals surface area contributed by atoms with Crippen molar-refractivity contribution in [3.05, 3.63) is 46.2 Å². The van der Waals surface area contributed by atoms with E-state index >= 15 is 0 Å². The summed E-state index contributed by atoms with van der Waals surface area (Å²) in [5.41, 5.74) is 0.252. The second-order valence-corrected chi connectivity index (χ2v) is 6.84. The Bertz CT molecular complexity index is 792. The summed E-state index contributed by atoms with van der Waals surface area (Å²) in [5.74, 6) is -0.644. The Morgan fingerprint density at radius 1 is 1.19 bits per heavy atom. The molecule has 6 nitrogen and oxygen atoms in total. The normalized spacial score (nSPS) is 11.2. The molecule has 0 unspecified atom stereocenters. The van der Waals surface area contributed by atoms with Gasteiger partial charge in [0.05, 0.1) is 11.2 Å². The zero-order valence-electron chi connectivity index (χ0n) is 10.7. The van der Waals surface area contributed by atoms with Crippen LogP contribution in [-0.2, 0) is 9.84 Å². The second kappa shape index (κ2) is 5.97. The van der Waals surface area contributed by atoms with E-state index in [4.69, 9.17) is 23.2 Å². The summed E-state index contributed by atoms with van der Waals surface area (Å²) in [6, 6.07) is 6.38. The predicted molar refractivity (Wildman–Crippen MR) is 79.6 cm³/mol. The summed E-state index contributed by atoms with van der Waals surface area (Å²) in [7, 11) is -3.63. The highest BCUT2D eigenvalue weighted by molar-refractivity contribution is 7.90. The second-order valence-electron chi connectivity index (χ2n) is 4.08. The monoisotopic (exact) mass is 345 g/mol. The van der Waals surface area contributed by atoms with Crippen LogP contribution in [0.2, 0.25) is 10.0 Å². The van der Waals surface area contributed by atoms with Crippen molar-refractivity contribution >= 4 is 44.6 Å². The molecular formula is C12H9Cl2N3O3S. The van der Waals surface area contributed by atoms with Crippen LogP contribution in [0.3, 0.4) is 0 Å². The fourth-order valence-corrected chi connectivity index (χ4v) is 2.22. The van der Waals surface area contributed by atoms with E-state index in [-0.39, 0.29) is 10.7 Å². The van der Waals surface area contributed by atoms with Crippen molar-refractivity contribution in [1.29, 1.82) is 0 Å². The lowest BCUT2D eigenvalue weighted by Crippen LogP contribution is -2.17. The number of hydrogen-bond acceptors (Lipinski definition) is 5. The van der Waals surface area contributed by atoms with Crippen LogP contribution in [0, 0.1) is 0 Å². The SMILES string of the molecule is CS(=O)(=O)c1ncc(Cl)c(C(=O)Nc2ccc(Cl)cc2)n1. The third-order valence-electron chi connectivity index (χ3n) is 2.37. The molecule has 0 aliphatic heterocycles. The third kappa shape index (κ3) is 3.90. The molecule has 9 heteroatoms. The van der Waals surface area contributed by atoms with Crippen molar-refractivity contribution in [3.63, 3.8) is 0 Å². The van der Waals surface area contributed by atoms with Crippen molar-refractivity contribution in [2.45, 2.75) is 5.16 Å². The summed E-state index contributed by atoms with van der Waals surface area (Å²) in [6.45, 7) is 0. The molecule has 2 rings (SSSR count). The molecule has 0 aliphatic rings. The Morgan fingerprint density at radius 2 is 1.81 bits per heavy atom. The Labute approximate surface area is 131 Å². The number of aromatic nitrogens is 2. The van der Waals surface area contributed by atoms with Crippen LogP contribution in [-0.4, -0.2) is 30.5 Å². The van der Waals surface area contributed by atoms with Gasteiger partial charge in [0.2, 0.25) is 15.0 Å². The Hall–Kier alpha value is -1.70. The number of rotatable bonds is 3. The van der Waals surface area contributed by atoms with Crippen molar-refractivity contribution in [2.75, 3.05) is 11.6 Å². The van der Waals surface area contributed by atoms with E-state index in [0.717, 1.165) is 12.5 Å². The van der Waals surface area contributed by atoms with Gasteiger partial charge in [-0.3, -0.25) is 4.79 Å². The van der Waals surface area contributed by atoms with Gasteiger partial charge < -0.3 is 5.32 Å². The first-order valence-electron chi connectivity index (χ1n) is 5.57. The fourth-order valence-electron chi connectivity index (χ4n) is 1.41. The van der Waals surface area contributed by atoms with Crippen LogP contribution in [0.25, 0.3) is 0 Å². The molecule has 0 bridgehead atoms. The quantitative estimate of drug-likeness (QED) is 0.863. The van der Waals surface area contributed by atoms with E-state index < -0.39 is 20.9 Å². The lowest BCUT2D eigenvalue weighted by Gasteiger charge is -2.07. The number of amides is 1. The molecule has 21 heavy (non-hydrogen) atoms. The van der Waals surface area contributed by atoms with Crippen LogP contribution in [0.1, 0.15) is 10.5 Å². The van der Waals surface area contributed by atoms with E-state index in [1.165, 1.54) is 0 Å². The number of carbonyl (C=O) groups excluding carboxylic acids is 1. The number of halogens is 2. The highest BCUT2D eigenvalue weighted by atomic mass is 35.5. The van der Waals surface area contributed by atoms with Crippen molar-refractivity contribution in [2.24, 2.45) is 0 Å². The van der Waals surface area contributed by atoms with Gasteiger partial charge in [0.15, 0.2) is 5.69 Å². The van der Waals surface area contributed by atoms with E-state index in [2.05, 4.69) is 15.3 Å². The Balaban J connectivity index is 2.32. The van der Waals surface area contributed by atoms with Gasteiger partial charge in [-0.1, -0.05) is 23.2 Å². The van der Waals surface area contributed by atoms with Crippen molar-refractivity contribution < 1.29 is 13.2 Å². The molecule has 0 spiro atoms. The summed E-state index contributed by atoms with van der Waals surface area (Å²) >= 11 is 11.6. The smallest absolute Gasteiger partial charge is 0.275 e. The molecule has 0 saturated carbocycles. The van der Waals surface area contributed by atoms with Gasteiger partial charge in [-0.2, -0.15) is 0 Å². The number of sulfone groups is 1. The Kier molecular flexibility index (Phi) is 4.46. The molecule has 0 saturated heterocycles. The van der Waals surface area contributed by atoms with E-state index in [9.17, 15) is 13.2 Å². The lowest BCUT2D eigenvalue weighted by molar-refractivity contribution is 0.102. The van der Waals surface area contributed by atoms with Gasteiger partial charge in [-0.25, -0.2) is 18.4 Å². The van der Waals surface area contributed by atoms with E-state index in [0.29, 0.717) is 10.7 Å². The molecule has 1 aromatic heterocycles. The number of carbonyl (C=O) groups is 1. The standard InChI is InChI=1S/C12H9Cl2N3O3S/c1-21(19,20)12-15-6-9(14)10(17-12)11(18)16-8-4-2-7(13)3-5-8/h2-6H,1H3,(H,16,18). The fraction of sp³-hybridized carbons (Fsp3) is 0.0833. The van der Waals surface area contributed by atoms with Gasteiger partial charge in [-0.05, 0) is 24.3 Å². The van der Waals surface area contributed by atoms with Gasteiger partial charge >= 0.3 is 0 Å². The highest BCUT2D eigenvalue weighted by Gasteiger charge is 2.18.